The summed E-state index contributed by atoms with van der Waals surface area (Å²) >= 11 is 7.78. The van der Waals surface area contributed by atoms with Crippen molar-refractivity contribution in [2.45, 2.75) is 19.8 Å². The predicted octanol–water partition coefficient (Wildman–Crippen LogP) is 3.64. The van der Waals surface area contributed by atoms with E-state index in [0.29, 0.717) is 18.2 Å². The van der Waals surface area contributed by atoms with Gasteiger partial charge in [-0.05, 0) is 37.5 Å². The second kappa shape index (κ2) is 7.02. The Morgan fingerprint density at radius 2 is 2.18 bits per heavy atom. The first-order valence-electron chi connectivity index (χ1n) is 7.52. The van der Waals surface area contributed by atoms with Crippen LogP contribution in [0.1, 0.15) is 18.4 Å². The molecule has 2 saturated heterocycles. The smallest absolute Gasteiger partial charge is 0.231 e. The van der Waals surface area contributed by atoms with Crippen LogP contribution in [0.15, 0.2) is 23.2 Å². The van der Waals surface area contributed by atoms with Crippen molar-refractivity contribution >= 4 is 40.1 Å². The highest BCUT2D eigenvalue weighted by molar-refractivity contribution is 8.14. The van der Waals surface area contributed by atoms with Crippen molar-refractivity contribution in [3.63, 3.8) is 0 Å². The van der Waals surface area contributed by atoms with Gasteiger partial charge in [-0.25, -0.2) is 4.99 Å². The molecule has 0 bridgehead atoms. The number of halogens is 1. The standard InChI is InChI=1S/C16H19ClN2O2S/c1-11-13(17)3-2-4-14(11)18-16-19(7-10-22-16)15(20)12-5-8-21-9-6-12/h2-4,12H,5-10H2,1H3. The molecule has 1 amide bonds. The van der Waals surface area contributed by atoms with Gasteiger partial charge in [0, 0.05) is 36.5 Å². The molecule has 0 N–H and O–H groups in total. The number of hydrogen-bond acceptors (Lipinski definition) is 4. The predicted molar refractivity (Wildman–Crippen MR) is 91.0 cm³/mol. The second-order valence-electron chi connectivity index (χ2n) is 5.50. The number of amidine groups is 1. The number of amides is 1. The Labute approximate surface area is 139 Å². The molecule has 118 valence electrons. The minimum atomic E-state index is 0.0677. The summed E-state index contributed by atoms with van der Waals surface area (Å²) in [6.07, 6.45) is 1.62. The number of carbonyl (C=O) groups excluding carboxylic acids is 1. The minimum absolute atomic E-state index is 0.0677. The molecule has 4 nitrogen and oxygen atoms in total. The fourth-order valence-electron chi connectivity index (χ4n) is 2.68. The van der Waals surface area contributed by atoms with Crippen LogP contribution in [0.25, 0.3) is 0 Å². The largest absolute Gasteiger partial charge is 0.381 e. The van der Waals surface area contributed by atoms with E-state index in [1.165, 1.54) is 0 Å². The van der Waals surface area contributed by atoms with Crippen LogP contribution in [0.2, 0.25) is 5.02 Å². The molecule has 0 atom stereocenters. The van der Waals surface area contributed by atoms with E-state index in [1.54, 1.807) is 11.8 Å². The summed E-state index contributed by atoms with van der Waals surface area (Å²) in [7, 11) is 0. The van der Waals surface area contributed by atoms with Crippen molar-refractivity contribution in [3.05, 3.63) is 28.8 Å². The maximum Gasteiger partial charge on any atom is 0.231 e. The fourth-order valence-corrected chi connectivity index (χ4v) is 3.81. The first kappa shape index (κ1) is 15.8. The zero-order chi connectivity index (χ0) is 15.5. The lowest BCUT2D eigenvalue weighted by Gasteiger charge is -2.26. The van der Waals surface area contributed by atoms with Crippen LogP contribution in [0.4, 0.5) is 5.69 Å². The Kier molecular flexibility index (Phi) is 5.06. The average molecular weight is 339 g/mol. The molecule has 2 heterocycles. The van der Waals surface area contributed by atoms with Crippen LogP contribution in [-0.4, -0.2) is 41.5 Å². The van der Waals surface area contributed by atoms with Gasteiger partial charge in [0.25, 0.3) is 0 Å². The molecule has 2 aliphatic rings. The normalized spacial score (nSPS) is 21.5. The van der Waals surface area contributed by atoms with E-state index < -0.39 is 0 Å². The number of nitrogens with zero attached hydrogens (tertiary/aromatic N) is 2. The number of thioether (sulfide) groups is 1. The van der Waals surface area contributed by atoms with Gasteiger partial charge in [0.1, 0.15) is 0 Å². The SMILES string of the molecule is Cc1c(Cl)cccc1N=C1SCCN1C(=O)C1CCOCC1. The van der Waals surface area contributed by atoms with Gasteiger partial charge in [0.05, 0.1) is 5.69 Å². The lowest BCUT2D eigenvalue weighted by Crippen LogP contribution is -2.39. The lowest BCUT2D eigenvalue weighted by molar-refractivity contribution is -0.134. The summed E-state index contributed by atoms with van der Waals surface area (Å²) in [5.41, 5.74) is 1.78. The van der Waals surface area contributed by atoms with Gasteiger partial charge in [0.15, 0.2) is 5.17 Å². The molecule has 22 heavy (non-hydrogen) atoms. The van der Waals surface area contributed by atoms with E-state index in [1.807, 2.05) is 30.0 Å². The molecular formula is C16H19ClN2O2S. The van der Waals surface area contributed by atoms with E-state index in [4.69, 9.17) is 16.3 Å². The van der Waals surface area contributed by atoms with Crippen molar-refractivity contribution in [1.82, 2.24) is 4.90 Å². The Morgan fingerprint density at radius 3 is 2.95 bits per heavy atom. The first-order chi connectivity index (χ1) is 10.7. The van der Waals surface area contributed by atoms with E-state index >= 15 is 0 Å². The highest BCUT2D eigenvalue weighted by Gasteiger charge is 2.32. The summed E-state index contributed by atoms with van der Waals surface area (Å²) in [5.74, 6) is 1.15. The maximum atomic E-state index is 12.7. The van der Waals surface area contributed by atoms with Crippen LogP contribution >= 0.6 is 23.4 Å². The molecule has 0 saturated carbocycles. The summed E-state index contributed by atoms with van der Waals surface area (Å²) in [6, 6.07) is 5.68. The molecule has 1 aromatic carbocycles. The Bertz CT molecular complexity index is 600. The molecular weight excluding hydrogens is 320 g/mol. The summed E-state index contributed by atoms with van der Waals surface area (Å²) in [5, 5.41) is 1.49. The van der Waals surface area contributed by atoms with Crippen LogP contribution < -0.4 is 0 Å². The van der Waals surface area contributed by atoms with Crippen LogP contribution in [0, 0.1) is 12.8 Å². The van der Waals surface area contributed by atoms with Crippen LogP contribution in [-0.2, 0) is 9.53 Å². The number of rotatable bonds is 2. The molecule has 0 aromatic heterocycles. The molecule has 0 radical (unpaired) electrons. The van der Waals surface area contributed by atoms with Gasteiger partial charge in [-0.2, -0.15) is 0 Å². The summed E-state index contributed by atoms with van der Waals surface area (Å²) in [6.45, 7) is 4.04. The third-order valence-electron chi connectivity index (χ3n) is 4.07. The maximum absolute atomic E-state index is 12.7. The topological polar surface area (TPSA) is 41.9 Å². The fraction of sp³-hybridized carbons (Fsp3) is 0.500. The van der Waals surface area contributed by atoms with Crippen molar-refractivity contribution in [1.29, 1.82) is 0 Å². The molecule has 2 aliphatic heterocycles. The number of benzene rings is 1. The molecule has 0 aliphatic carbocycles. The Balaban J connectivity index is 1.81. The molecule has 1 aromatic rings. The average Bonchev–Trinajstić information content (AvgIpc) is 3.00. The van der Waals surface area contributed by atoms with E-state index in [-0.39, 0.29) is 11.8 Å². The second-order valence-corrected chi connectivity index (χ2v) is 6.97. The molecule has 0 spiro atoms. The van der Waals surface area contributed by atoms with Crippen molar-refractivity contribution in [2.75, 3.05) is 25.5 Å². The first-order valence-corrected chi connectivity index (χ1v) is 8.89. The number of hydrogen-bond donors (Lipinski definition) is 0. The zero-order valence-electron chi connectivity index (χ0n) is 12.5. The highest BCUT2D eigenvalue weighted by Crippen LogP contribution is 2.30. The van der Waals surface area contributed by atoms with Gasteiger partial charge >= 0.3 is 0 Å². The molecule has 3 rings (SSSR count). The van der Waals surface area contributed by atoms with Gasteiger partial charge in [-0.15, -0.1) is 0 Å². The third kappa shape index (κ3) is 3.31. The van der Waals surface area contributed by atoms with Gasteiger partial charge < -0.3 is 4.74 Å². The summed E-state index contributed by atoms with van der Waals surface area (Å²) in [4.78, 5) is 19.2. The van der Waals surface area contributed by atoms with E-state index in [2.05, 4.69) is 4.99 Å². The lowest BCUT2D eigenvalue weighted by atomic mass is 9.99. The zero-order valence-corrected chi connectivity index (χ0v) is 14.1. The minimum Gasteiger partial charge on any atom is -0.381 e. The molecule has 2 fully saturated rings. The molecule has 6 heteroatoms. The van der Waals surface area contributed by atoms with Crippen molar-refractivity contribution in [3.8, 4) is 0 Å². The van der Waals surface area contributed by atoms with E-state index in [0.717, 1.165) is 41.6 Å². The third-order valence-corrected chi connectivity index (χ3v) is 5.43. The monoisotopic (exact) mass is 338 g/mol. The number of aliphatic imine (C=N–C) groups is 1. The van der Waals surface area contributed by atoms with E-state index in [9.17, 15) is 4.79 Å². The molecule has 0 unspecified atom stereocenters. The Morgan fingerprint density at radius 1 is 1.41 bits per heavy atom. The number of ether oxygens (including phenoxy) is 1. The van der Waals surface area contributed by atoms with Crippen molar-refractivity contribution in [2.24, 2.45) is 10.9 Å². The van der Waals surface area contributed by atoms with Crippen molar-refractivity contribution < 1.29 is 9.53 Å². The summed E-state index contributed by atoms with van der Waals surface area (Å²) < 4.78 is 5.34. The van der Waals surface area contributed by atoms with Crippen LogP contribution in [0.5, 0.6) is 0 Å². The van der Waals surface area contributed by atoms with Gasteiger partial charge in [-0.1, -0.05) is 29.4 Å². The Hall–Kier alpha value is -1.04. The van der Waals surface area contributed by atoms with Crippen LogP contribution in [0.3, 0.4) is 0 Å². The van der Waals surface area contributed by atoms with Gasteiger partial charge in [0.2, 0.25) is 5.91 Å². The highest BCUT2D eigenvalue weighted by atomic mass is 35.5. The van der Waals surface area contributed by atoms with Gasteiger partial charge in [-0.3, -0.25) is 9.69 Å². The quantitative estimate of drug-likeness (QED) is 0.826. The number of carbonyl (C=O) groups is 1.